The van der Waals surface area contributed by atoms with Crippen molar-refractivity contribution in [3.8, 4) is 0 Å². The summed E-state index contributed by atoms with van der Waals surface area (Å²) in [7, 11) is -3.79. The Morgan fingerprint density at radius 3 is 2.56 bits per heavy atom. The highest BCUT2D eigenvalue weighted by Crippen LogP contribution is 2.33. The first kappa shape index (κ1) is 27.4. The number of rotatable bonds is 7. The largest absolute Gasteiger partial charge is 0.359 e. The number of hydrogen-bond acceptors (Lipinski definition) is 7. The molecule has 210 valence electrons. The van der Waals surface area contributed by atoms with Gasteiger partial charge in [0.25, 0.3) is 10.0 Å². The molecule has 5 rings (SSSR count). The fourth-order valence-electron chi connectivity index (χ4n) is 5.24. The van der Waals surface area contributed by atoms with Crippen LogP contribution in [0.1, 0.15) is 28.7 Å². The number of hydrogen-bond donors (Lipinski definition) is 1. The van der Waals surface area contributed by atoms with Crippen LogP contribution in [0.4, 0.5) is 16.5 Å². The highest BCUT2D eigenvalue weighted by Gasteiger charge is 2.37. The van der Waals surface area contributed by atoms with E-state index in [1.807, 2.05) is 32.0 Å². The summed E-state index contributed by atoms with van der Waals surface area (Å²) in [6.07, 6.45) is 3.37. The highest BCUT2D eigenvalue weighted by atomic mass is 35.5. The monoisotopic (exact) mass is 591 g/mol. The number of aromatic nitrogens is 1. The van der Waals surface area contributed by atoms with Crippen LogP contribution in [0.2, 0.25) is 5.02 Å². The summed E-state index contributed by atoms with van der Waals surface area (Å²) in [6, 6.07) is 11.6. The number of sulfonamides is 1. The van der Waals surface area contributed by atoms with Gasteiger partial charge in [-0.2, -0.15) is 0 Å². The molecule has 0 spiro atoms. The van der Waals surface area contributed by atoms with Crippen LogP contribution < -0.4 is 14.5 Å². The fraction of sp³-hybridized carbons (Fsp3) is 0.370. The maximum absolute atomic E-state index is 13.8. The Hall–Kier alpha value is -3.15. The lowest BCUT2D eigenvalue weighted by molar-refractivity contribution is -0.138. The predicted molar refractivity (Wildman–Crippen MR) is 158 cm³/mol. The molecule has 3 heterocycles. The molecule has 12 heteroatoms. The van der Waals surface area contributed by atoms with E-state index in [4.69, 9.17) is 11.6 Å². The molecule has 1 atom stereocenters. The van der Waals surface area contributed by atoms with Crippen molar-refractivity contribution in [2.45, 2.75) is 37.6 Å². The topological polar surface area (TPSA) is 103 Å². The van der Waals surface area contributed by atoms with Crippen molar-refractivity contribution < 1.29 is 20.9 Å². The number of carbonyl (C=O) groups is 2. The van der Waals surface area contributed by atoms with E-state index in [9.17, 15) is 18.0 Å². The molecule has 1 aromatic heterocycles. The number of piperazine rings is 1. The van der Waals surface area contributed by atoms with Crippen molar-refractivity contribution in [2.75, 3.05) is 40.7 Å². The number of halogens is 1. The van der Waals surface area contributed by atoms with Crippen molar-refractivity contribution in [2.24, 2.45) is 5.92 Å². The number of aryl methyl sites for hydroxylation is 1. The SMILES string of the molecule is CC(C)[C@@H](C(=O)N1CCN(c2ccc(S(=O)(=O)Nc3nccs3)cc2)C(=O)C1)N1CCCc2cc(Cl)ccc21.[HH].[HH]. The van der Waals surface area contributed by atoms with Gasteiger partial charge in [-0.25, -0.2) is 13.4 Å². The van der Waals surface area contributed by atoms with Crippen LogP contribution in [-0.2, 0) is 26.0 Å². The van der Waals surface area contributed by atoms with Crippen LogP contribution in [0, 0.1) is 5.92 Å². The second kappa shape index (κ2) is 11.1. The van der Waals surface area contributed by atoms with Gasteiger partial charge < -0.3 is 14.7 Å². The van der Waals surface area contributed by atoms with Gasteiger partial charge in [-0.05, 0) is 66.8 Å². The predicted octanol–water partition coefficient (Wildman–Crippen LogP) is 4.74. The van der Waals surface area contributed by atoms with Crippen molar-refractivity contribution in [1.29, 1.82) is 0 Å². The molecule has 2 aromatic carbocycles. The summed E-state index contributed by atoms with van der Waals surface area (Å²) in [5, 5.41) is 2.65. The minimum Gasteiger partial charge on any atom is -0.359 e. The molecule has 9 nitrogen and oxygen atoms in total. The fourth-order valence-corrected chi connectivity index (χ4v) is 7.22. The molecule has 0 saturated carbocycles. The number of amides is 2. The maximum atomic E-state index is 13.8. The summed E-state index contributed by atoms with van der Waals surface area (Å²) in [5.41, 5.74) is 2.75. The van der Waals surface area contributed by atoms with Gasteiger partial charge in [-0.3, -0.25) is 14.3 Å². The van der Waals surface area contributed by atoms with Gasteiger partial charge in [-0.15, -0.1) is 11.3 Å². The van der Waals surface area contributed by atoms with E-state index in [-0.39, 0.29) is 43.2 Å². The first-order valence-corrected chi connectivity index (χ1v) is 15.5. The summed E-state index contributed by atoms with van der Waals surface area (Å²) in [5.74, 6) is -0.227. The van der Waals surface area contributed by atoms with Crippen LogP contribution in [0.5, 0.6) is 0 Å². The Balaban J connectivity index is 0.00000231. The average Bonchev–Trinajstić information content (AvgIpc) is 3.41. The van der Waals surface area contributed by atoms with E-state index >= 15 is 0 Å². The van der Waals surface area contributed by atoms with Crippen LogP contribution in [-0.4, -0.2) is 62.3 Å². The zero-order chi connectivity index (χ0) is 27.7. The van der Waals surface area contributed by atoms with E-state index in [1.54, 1.807) is 27.3 Å². The Bertz CT molecular complexity index is 1470. The normalized spacial score (nSPS) is 16.8. The number of thiazole rings is 1. The van der Waals surface area contributed by atoms with Gasteiger partial charge in [0.05, 0.1) is 4.90 Å². The first-order chi connectivity index (χ1) is 18.6. The second-order valence-electron chi connectivity index (χ2n) is 10.0. The minimum absolute atomic E-state index is 0. The van der Waals surface area contributed by atoms with Crippen molar-refractivity contribution in [3.63, 3.8) is 0 Å². The molecular formula is C27H34ClN5O4S2. The van der Waals surface area contributed by atoms with E-state index in [0.29, 0.717) is 23.8 Å². The lowest BCUT2D eigenvalue weighted by Gasteiger charge is -2.43. The van der Waals surface area contributed by atoms with Crippen LogP contribution >= 0.6 is 22.9 Å². The van der Waals surface area contributed by atoms with Gasteiger partial charge in [-0.1, -0.05) is 25.4 Å². The Kier molecular flexibility index (Phi) is 7.84. The first-order valence-electron chi connectivity index (χ1n) is 12.8. The smallest absolute Gasteiger partial charge is 0.263 e. The maximum Gasteiger partial charge on any atom is 0.263 e. The Morgan fingerprint density at radius 1 is 1.13 bits per heavy atom. The van der Waals surface area contributed by atoms with Crippen molar-refractivity contribution in [3.05, 3.63) is 64.6 Å². The number of nitrogens with one attached hydrogen (secondary N) is 1. The molecule has 0 aliphatic carbocycles. The van der Waals surface area contributed by atoms with Gasteiger partial charge in [0.2, 0.25) is 11.8 Å². The summed E-state index contributed by atoms with van der Waals surface area (Å²) in [4.78, 5) is 36.4. The van der Waals surface area contributed by atoms with Crippen LogP contribution in [0.3, 0.4) is 0 Å². The van der Waals surface area contributed by atoms with E-state index < -0.39 is 10.0 Å². The molecule has 2 aliphatic heterocycles. The third kappa shape index (κ3) is 5.75. The molecule has 1 N–H and O–H groups in total. The molecule has 1 fully saturated rings. The van der Waals surface area contributed by atoms with Gasteiger partial charge >= 0.3 is 0 Å². The lowest BCUT2D eigenvalue weighted by Crippen LogP contribution is -2.59. The zero-order valence-electron chi connectivity index (χ0n) is 21.7. The Morgan fingerprint density at radius 2 is 1.90 bits per heavy atom. The molecule has 2 amide bonds. The number of anilines is 3. The average molecular weight is 592 g/mol. The molecule has 3 aromatic rings. The number of nitrogens with zero attached hydrogens (tertiary/aromatic N) is 4. The molecule has 1 saturated heterocycles. The summed E-state index contributed by atoms with van der Waals surface area (Å²) >= 11 is 7.41. The van der Waals surface area contributed by atoms with Crippen molar-refractivity contribution in [1.82, 2.24) is 9.88 Å². The standard InChI is InChI=1S/C27H30ClN5O4S2.2H2/c1-18(2)25(33-12-3-4-19-16-20(28)5-10-23(19)33)26(35)31-13-14-32(24(34)17-31)21-6-8-22(9-7-21)39(36,37)30-27-29-11-15-38-27;;/h5-11,15-16,18,25H,3-4,12-14,17H2,1-2H3,(H,29,30);2*1H/t25-;;/m0../s1. The molecular weight excluding hydrogens is 558 g/mol. The molecule has 39 heavy (non-hydrogen) atoms. The zero-order valence-corrected chi connectivity index (χ0v) is 24.1. The van der Waals surface area contributed by atoms with Crippen LogP contribution in [0.25, 0.3) is 0 Å². The summed E-state index contributed by atoms with van der Waals surface area (Å²) < 4.78 is 27.7. The highest BCUT2D eigenvalue weighted by molar-refractivity contribution is 7.93. The third-order valence-corrected chi connectivity index (χ3v) is 9.47. The quantitative estimate of drug-likeness (QED) is 0.426. The van der Waals surface area contributed by atoms with Gasteiger partial charge in [0.15, 0.2) is 5.13 Å². The summed E-state index contributed by atoms with van der Waals surface area (Å²) in [6.45, 7) is 5.51. The molecule has 2 aliphatic rings. The molecule has 0 radical (unpaired) electrons. The lowest BCUT2D eigenvalue weighted by atomic mass is 9.94. The minimum atomic E-state index is -3.79. The molecule has 0 unspecified atom stereocenters. The van der Waals surface area contributed by atoms with Gasteiger partial charge in [0.1, 0.15) is 12.6 Å². The van der Waals surface area contributed by atoms with Gasteiger partial charge in [0, 0.05) is 50.5 Å². The number of fused-ring (bicyclic) bond motifs is 1. The molecule has 0 bridgehead atoms. The second-order valence-corrected chi connectivity index (χ2v) is 13.0. The van der Waals surface area contributed by atoms with E-state index in [1.165, 1.54) is 29.7 Å². The third-order valence-electron chi connectivity index (χ3n) is 7.06. The van der Waals surface area contributed by atoms with E-state index in [0.717, 1.165) is 30.6 Å². The van der Waals surface area contributed by atoms with Crippen LogP contribution in [0.15, 0.2) is 58.9 Å². The number of carbonyl (C=O) groups excluding carboxylic acids is 2. The Labute approximate surface area is 240 Å². The number of benzene rings is 2. The van der Waals surface area contributed by atoms with Crippen molar-refractivity contribution >= 4 is 61.3 Å². The van der Waals surface area contributed by atoms with E-state index in [2.05, 4.69) is 14.6 Å².